The van der Waals surface area contributed by atoms with Gasteiger partial charge in [-0.05, 0) is 60.6 Å². The molecule has 0 aliphatic heterocycles. The zero-order valence-electron chi connectivity index (χ0n) is 12.8. The van der Waals surface area contributed by atoms with Gasteiger partial charge in [0.1, 0.15) is 0 Å². The molecule has 7 heteroatoms. The van der Waals surface area contributed by atoms with Crippen LogP contribution in [0.3, 0.4) is 0 Å². The Hall–Kier alpha value is -1.44. The molecule has 0 heterocycles. The molecule has 2 rings (SSSR count). The molecule has 0 spiro atoms. The maximum Gasteiger partial charge on any atom is 0.175 e. The molecule has 0 aliphatic carbocycles. The summed E-state index contributed by atoms with van der Waals surface area (Å²) in [6.45, 7) is 2.53. The average molecular weight is 413 g/mol. The maximum absolute atomic E-state index is 11.4. The fraction of sp³-hybridized carbons (Fsp3) is 0.188. The van der Waals surface area contributed by atoms with E-state index in [4.69, 9.17) is 12.2 Å². The third-order valence-electron chi connectivity index (χ3n) is 3.22. The number of sulfone groups is 1. The second-order valence-corrected chi connectivity index (χ2v) is 8.47. The molecule has 0 atom stereocenters. The first-order chi connectivity index (χ1) is 10.8. The van der Waals surface area contributed by atoms with E-state index in [9.17, 15) is 8.42 Å². The number of hydrogen-bond donors (Lipinski definition) is 2. The van der Waals surface area contributed by atoms with Crippen LogP contribution in [0.25, 0.3) is 0 Å². The van der Waals surface area contributed by atoms with Crippen molar-refractivity contribution in [1.82, 2.24) is 5.32 Å². The van der Waals surface area contributed by atoms with Crippen LogP contribution in [0.15, 0.2) is 51.8 Å². The second-order valence-electron chi connectivity index (χ2n) is 5.19. The molecule has 0 unspecified atom stereocenters. The van der Waals surface area contributed by atoms with Crippen LogP contribution in [0.5, 0.6) is 0 Å². The predicted octanol–water partition coefficient (Wildman–Crippen LogP) is 3.65. The van der Waals surface area contributed by atoms with Gasteiger partial charge in [-0.2, -0.15) is 0 Å². The molecule has 0 fully saturated rings. The highest BCUT2D eigenvalue weighted by molar-refractivity contribution is 9.10. The fourth-order valence-electron chi connectivity index (χ4n) is 1.93. The van der Waals surface area contributed by atoms with Crippen molar-refractivity contribution in [2.75, 3.05) is 11.6 Å². The van der Waals surface area contributed by atoms with Crippen molar-refractivity contribution in [1.29, 1.82) is 0 Å². The lowest BCUT2D eigenvalue weighted by molar-refractivity contribution is 0.602. The molecule has 0 saturated heterocycles. The van der Waals surface area contributed by atoms with E-state index in [1.165, 1.54) is 6.26 Å². The highest BCUT2D eigenvalue weighted by Crippen LogP contribution is 2.20. The quantitative estimate of drug-likeness (QED) is 0.750. The average Bonchev–Trinajstić information content (AvgIpc) is 2.48. The second kappa shape index (κ2) is 7.42. The van der Waals surface area contributed by atoms with E-state index in [0.29, 0.717) is 16.6 Å². The number of thiocarbonyl (C=S) groups is 1. The van der Waals surface area contributed by atoms with Crippen LogP contribution in [0.2, 0.25) is 0 Å². The zero-order valence-corrected chi connectivity index (χ0v) is 16.0. The minimum Gasteiger partial charge on any atom is -0.358 e. The minimum atomic E-state index is -3.16. The first-order valence-corrected chi connectivity index (χ1v) is 9.95. The minimum absolute atomic E-state index is 0.312. The number of benzene rings is 2. The maximum atomic E-state index is 11.4. The van der Waals surface area contributed by atoms with Crippen molar-refractivity contribution in [2.24, 2.45) is 0 Å². The Morgan fingerprint density at radius 3 is 2.39 bits per heavy atom. The highest BCUT2D eigenvalue weighted by atomic mass is 79.9. The van der Waals surface area contributed by atoms with Gasteiger partial charge in [-0.25, -0.2) is 8.42 Å². The molecular weight excluding hydrogens is 396 g/mol. The van der Waals surface area contributed by atoms with Crippen LogP contribution < -0.4 is 10.6 Å². The number of rotatable bonds is 4. The monoisotopic (exact) mass is 412 g/mol. The fourth-order valence-corrected chi connectivity index (χ4v) is 3.00. The van der Waals surface area contributed by atoms with Crippen LogP contribution in [0.4, 0.5) is 5.69 Å². The lowest BCUT2D eigenvalue weighted by Crippen LogP contribution is -2.27. The third kappa shape index (κ3) is 5.30. The molecule has 2 aromatic carbocycles. The Balaban J connectivity index is 1.92. The van der Waals surface area contributed by atoms with Crippen LogP contribution in [0.1, 0.15) is 11.1 Å². The normalized spacial score (nSPS) is 11.1. The molecule has 122 valence electrons. The van der Waals surface area contributed by atoms with E-state index < -0.39 is 9.84 Å². The van der Waals surface area contributed by atoms with E-state index in [1.54, 1.807) is 24.3 Å². The van der Waals surface area contributed by atoms with Gasteiger partial charge in [-0.3, -0.25) is 0 Å². The van der Waals surface area contributed by atoms with Gasteiger partial charge < -0.3 is 10.6 Å². The van der Waals surface area contributed by atoms with Gasteiger partial charge in [0.15, 0.2) is 14.9 Å². The van der Waals surface area contributed by atoms with E-state index in [0.717, 1.165) is 21.3 Å². The van der Waals surface area contributed by atoms with E-state index in [1.807, 2.05) is 25.1 Å². The molecule has 4 nitrogen and oxygen atoms in total. The molecule has 0 amide bonds. The first kappa shape index (κ1) is 17.9. The zero-order chi connectivity index (χ0) is 17.0. The van der Waals surface area contributed by atoms with Gasteiger partial charge in [-0.15, -0.1) is 0 Å². The number of aryl methyl sites for hydroxylation is 1. The summed E-state index contributed by atoms with van der Waals surface area (Å²) in [7, 11) is -3.16. The summed E-state index contributed by atoms with van der Waals surface area (Å²) in [6.07, 6.45) is 1.19. The summed E-state index contributed by atoms with van der Waals surface area (Å²) in [5.41, 5.74) is 2.98. The van der Waals surface area contributed by atoms with Crippen molar-refractivity contribution >= 4 is 48.8 Å². The molecule has 2 N–H and O–H groups in total. The molecule has 23 heavy (non-hydrogen) atoms. The SMILES string of the molecule is Cc1cc(NC(=S)NCc2ccc(S(C)(=O)=O)cc2)ccc1Br. The summed E-state index contributed by atoms with van der Waals surface area (Å²) in [5.74, 6) is 0. The van der Waals surface area contributed by atoms with Crippen LogP contribution >= 0.6 is 28.1 Å². The lowest BCUT2D eigenvalue weighted by Gasteiger charge is -2.12. The van der Waals surface area contributed by atoms with E-state index in [-0.39, 0.29) is 0 Å². The molecule has 2 aromatic rings. The lowest BCUT2D eigenvalue weighted by atomic mass is 10.2. The first-order valence-electron chi connectivity index (χ1n) is 6.86. The molecule has 0 aromatic heterocycles. The molecular formula is C16H17BrN2O2S2. The smallest absolute Gasteiger partial charge is 0.175 e. The van der Waals surface area contributed by atoms with Gasteiger partial charge in [0, 0.05) is 23.0 Å². The Labute approximate surface area is 150 Å². The largest absolute Gasteiger partial charge is 0.358 e. The summed E-state index contributed by atoms with van der Waals surface area (Å²) in [6, 6.07) is 12.6. The predicted molar refractivity (Wildman–Crippen MR) is 101 cm³/mol. The van der Waals surface area contributed by atoms with Crippen LogP contribution in [0, 0.1) is 6.92 Å². The van der Waals surface area contributed by atoms with Crippen molar-refractivity contribution in [3.05, 3.63) is 58.1 Å². The Bertz CT molecular complexity index is 818. The van der Waals surface area contributed by atoms with Gasteiger partial charge in [0.05, 0.1) is 4.90 Å². The van der Waals surface area contributed by atoms with E-state index >= 15 is 0 Å². The van der Waals surface area contributed by atoms with Gasteiger partial charge in [0.25, 0.3) is 0 Å². The standard InChI is InChI=1S/C16H17BrN2O2S2/c1-11-9-13(5-8-15(11)17)19-16(22)18-10-12-3-6-14(7-4-12)23(2,20)21/h3-9H,10H2,1-2H3,(H2,18,19,22). The highest BCUT2D eigenvalue weighted by Gasteiger charge is 2.06. The van der Waals surface area contributed by atoms with Gasteiger partial charge in [-0.1, -0.05) is 28.1 Å². The van der Waals surface area contributed by atoms with Crippen molar-refractivity contribution in [3.63, 3.8) is 0 Å². The van der Waals surface area contributed by atoms with Crippen molar-refractivity contribution in [3.8, 4) is 0 Å². The van der Waals surface area contributed by atoms with E-state index in [2.05, 4.69) is 26.6 Å². The van der Waals surface area contributed by atoms with Crippen molar-refractivity contribution < 1.29 is 8.42 Å². The number of halogens is 1. The van der Waals surface area contributed by atoms with Crippen LogP contribution in [-0.2, 0) is 16.4 Å². The van der Waals surface area contributed by atoms with Gasteiger partial charge in [0.2, 0.25) is 0 Å². The third-order valence-corrected chi connectivity index (χ3v) is 5.49. The number of anilines is 1. The van der Waals surface area contributed by atoms with Gasteiger partial charge >= 0.3 is 0 Å². The molecule has 0 bridgehead atoms. The number of hydrogen-bond acceptors (Lipinski definition) is 3. The summed E-state index contributed by atoms with van der Waals surface area (Å²) >= 11 is 8.72. The van der Waals surface area contributed by atoms with Crippen molar-refractivity contribution in [2.45, 2.75) is 18.4 Å². The Kier molecular flexibility index (Phi) is 5.78. The summed E-state index contributed by atoms with van der Waals surface area (Å²) in [4.78, 5) is 0.312. The summed E-state index contributed by atoms with van der Waals surface area (Å²) < 4.78 is 23.9. The Morgan fingerprint density at radius 1 is 1.17 bits per heavy atom. The molecule has 0 aliphatic rings. The Morgan fingerprint density at radius 2 is 1.83 bits per heavy atom. The van der Waals surface area contributed by atoms with Crippen LogP contribution in [-0.4, -0.2) is 19.8 Å². The number of nitrogens with one attached hydrogen (secondary N) is 2. The summed E-state index contributed by atoms with van der Waals surface area (Å²) in [5, 5.41) is 6.73. The topological polar surface area (TPSA) is 58.2 Å². The molecule has 0 radical (unpaired) electrons. The molecule has 0 saturated carbocycles.